The summed E-state index contributed by atoms with van der Waals surface area (Å²) in [6.07, 6.45) is 16.1. The van der Waals surface area contributed by atoms with Crippen LogP contribution in [0.15, 0.2) is 65.8 Å². The normalized spacial score (nSPS) is 16.5. The molecule has 1 aliphatic heterocycles. The van der Waals surface area contributed by atoms with E-state index in [9.17, 15) is 9.90 Å². The second kappa shape index (κ2) is 11.4. The molecule has 1 saturated carbocycles. The van der Waals surface area contributed by atoms with Gasteiger partial charge in [0.1, 0.15) is 4.88 Å². The molecule has 1 aliphatic carbocycles. The van der Waals surface area contributed by atoms with Crippen LogP contribution in [0.25, 0.3) is 27.6 Å². The third-order valence-electron chi connectivity index (χ3n) is 8.33. The SMILES string of the molecule is C=C(/C=C\c1c(C)ccc2c1CCCn1c-2c(C2CCCCC2)c2sc(C(=O)O)cc21)C(=C)C(C)=N/C=C\C. The van der Waals surface area contributed by atoms with Crippen LogP contribution in [-0.4, -0.2) is 21.4 Å². The Labute approximate surface area is 235 Å². The monoisotopic (exact) mass is 538 g/mol. The molecule has 2 aliphatic rings. The summed E-state index contributed by atoms with van der Waals surface area (Å²) in [5.41, 5.74) is 11.5. The van der Waals surface area contributed by atoms with Gasteiger partial charge in [0.05, 0.1) is 15.9 Å². The predicted octanol–water partition coefficient (Wildman–Crippen LogP) is 9.49. The number of carboxylic acid groups (broad SMARTS) is 1. The standard InChI is InChI=1S/C34H38N2O2S/c1-6-18-35-24(5)23(4)21(2)14-16-26-22(3)15-17-28-27(26)13-10-19-36-29-20-30(34(37)38)39-33(29)31(32(28)36)25-11-8-7-9-12-25/h6,14-18,20,25H,2,4,7-13,19H2,1,3,5H3,(H,37,38)/b16-14-,18-6-,35-24?. The first-order chi connectivity index (χ1) is 18.8. The molecule has 5 rings (SSSR count). The lowest BCUT2D eigenvalue weighted by atomic mass is 9.82. The minimum absolute atomic E-state index is 0.441. The highest BCUT2D eigenvalue weighted by atomic mass is 32.1. The van der Waals surface area contributed by atoms with Crippen LogP contribution in [-0.2, 0) is 13.0 Å². The number of aromatic carboxylic acids is 1. The Morgan fingerprint density at radius 3 is 2.67 bits per heavy atom. The number of aliphatic imine (C=N–C) groups is 1. The fourth-order valence-electron chi connectivity index (χ4n) is 6.25. The second-order valence-corrected chi connectivity index (χ2v) is 11.9. The van der Waals surface area contributed by atoms with Gasteiger partial charge in [-0.2, -0.15) is 0 Å². The van der Waals surface area contributed by atoms with E-state index >= 15 is 0 Å². The number of nitrogens with zero attached hydrogens (tertiary/aromatic N) is 2. The Bertz CT molecular complexity index is 1550. The van der Waals surface area contributed by atoms with E-state index < -0.39 is 5.97 Å². The van der Waals surface area contributed by atoms with Crippen LogP contribution in [0.2, 0.25) is 0 Å². The van der Waals surface area contributed by atoms with Crippen molar-refractivity contribution >= 4 is 39.3 Å². The number of benzene rings is 1. The zero-order valence-electron chi connectivity index (χ0n) is 23.3. The molecular formula is C34H38N2O2S. The first kappa shape index (κ1) is 27.1. The molecule has 0 amide bonds. The van der Waals surface area contributed by atoms with E-state index in [0.29, 0.717) is 10.8 Å². The maximum absolute atomic E-state index is 11.9. The largest absolute Gasteiger partial charge is 0.477 e. The van der Waals surface area contributed by atoms with Gasteiger partial charge in [-0.05, 0) is 91.8 Å². The topological polar surface area (TPSA) is 54.6 Å². The second-order valence-electron chi connectivity index (χ2n) is 10.8. The molecule has 39 heavy (non-hydrogen) atoms. The van der Waals surface area contributed by atoms with Crippen molar-refractivity contribution in [1.29, 1.82) is 0 Å². The summed E-state index contributed by atoms with van der Waals surface area (Å²) in [5.74, 6) is -0.350. The van der Waals surface area contributed by atoms with Crippen LogP contribution in [0.1, 0.15) is 90.2 Å². The van der Waals surface area contributed by atoms with Crippen LogP contribution < -0.4 is 0 Å². The predicted molar refractivity (Wildman–Crippen MR) is 166 cm³/mol. The van der Waals surface area contributed by atoms with Gasteiger partial charge in [0.25, 0.3) is 0 Å². The van der Waals surface area contributed by atoms with Crippen molar-refractivity contribution in [3.63, 3.8) is 0 Å². The fourth-order valence-corrected chi connectivity index (χ4v) is 7.37. The summed E-state index contributed by atoms with van der Waals surface area (Å²) in [6.45, 7) is 15.5. The van der Waals surface area contributed by atoms with E-state index in [2.05, 4.69) is 53.9 Å². The number of hydrogen-bond acceptors (Lipinski definition) is 3. The van der Waals surface area contributed by atoms with Crippen LogP contribution in [0.4, 0.5) is 0 Å². The molecule has 2 aromatic heterocycles. The number of carbonyl (C=O) groups is 1. The highest BCUT2D eigenvalue weighted by Crippen LogP contribution is 2.49. The number of carboxylic acids is 1. The third-order valence-corrected chi connectivity index (χ3v) is 9.47. The Morgan fingerprint density at radius 1 is 1.18 bits per heavy atom. The molecule has 3 heterocycles. The summed E-state index contributed by atoms with van der Waals surface area (Å²) in [4.78, 5) is 16.8. The number of allylic oxidation sites excluding steroid dienone is 4. The van der Waals surface area contributed by atoms with Gasteiger partial charge in [0, 0.05) is 24.0 Å². The summed E-state index contributed by atoms with van der Waals surface area (Å²) in [7, 11) is 0. The van der Waals surface area contributed by atoms with Gasteiger partial charge in [-0.25, -0.2) is 4.79 Å². The first-order valence-electron chi connectivity index (χ1n) is 14.1. The summed E-state index contributed by atoms with van der Waals surface area (Å²) >= 11 is 1.46. The Morgan fingerprint density at radius 2 is 1.95 bits per heavy atom. The van der Waals surface area contributed by atoms with Crippen LogP contribution >= 0.6 is 11.3 Å². The molecule has 0 saturated heterocycles. The van der Waals surface area contributed by atoms with E-state index in [1.54, 1.807) is 6.20 Å². The van der Waals surface area contributed by atoms with E-state index in [4.69, 9.17) is 0 Å². The van der Waals surface area contributed by atoms with Crippen molar-refractivity contribution < 1.29 is 9.90 Å². The van der Waals surface area contributed by atoms with Crippen molar-refractivity contribution in [2.75, 3.05) is 0 Å². The molecule has 1 aromatic carbocycles. The molecule has 1 N–H and O–H groups in total. The number of hydrogen-bond donors (Lipinski definition) is 1. The molecule has 5 heteroatoms. The number of aryl methyl sites for hydroxylation is 2. The van der Waals surface area contributed by atoms with E-state index in [1.165, 1.54) is 81.7 Å². The minimum atomic E-state index is -0.829. The molecule has 0 unspecified atom stereocenters. The van der Waals surface area contributed by atoms with Crippen molar-refractivity contribution in [2.45, 2.75) is 78.2 Å². The highest BCUT2D eigenvalue weighted by molar-refractivity contribution is 7.21. The van der Waals surface area contributed by atoms with Crippen molar-refractivity contribution in [2.24, 2.45) is 4.99 Å². The minimum Gasteiger partial charge on any atom is -0.477 e. The number of rotatable bonds is 7. The Kier molecular flexibility index (Phi) is 7.90. The van der Waals surface area contributed by atoms with Gasteiger partial charge in [-0.15, -0.1) is 11.3 Å². The quantitative estimate of drug-likeness (QED) is 0.240. The summed E-state index contributed by atoms with van der Waals surface area (Å²) in [5, 5.41) is 9.78. The average Bonchev–Trinajstić information content (AvgIpc) is 3.43. The van der Waals surface area contributed by atoms with E-state index in [-0.39, 0.29) is 0 Å². The maximum Gasteiger partial charge on any atom is 0.345 e. The van der Waals surface area contributed by atoms with Crippen LogP contribution in [0.5, 0.6) is 0 Å². The first-order valence-corrected chi connectivity index (χ1v) is 14.9. The smallest absolute Gasteiger partial charge is 0.345 e. The van der Waals surface area contributed by atoms with Gasteiger partial charge in [-0.1, -0.05) is 62.8 Å². The average molecular weight is 539 g/mol. The fraction of sp³-hybridized carbons (Fsp3) is 0.353. The van der Waals surface area contributed by atoms with Crippen LogP contribution in [0.3, 0.4) is 0 Å². The lowest BCUT2D eigenvalue weighted by Crippen LogP contribution is -2.07. The molecule has 4 nitrogen and oxygen atoms in total. The highest BCUT2D eigenvalue weighted by Gasteiger charge is 2.31. The molecule has 3 aromatic rings. The molecular weight excluding hydrogens is 500 g/mol. The molecule has 0 bridgehead atoms. The number of thiophene rings is 1. The van der Waals surface area contributed by atoms with Crippen molar-refractivity contribution in [1.82, 2.24) is 4.57 Å². The number of aromatic nitrogens is 1. The van der Waals surface area contributed by atoms with E-state index in [1.807, 2.05) is 26.0 Å². The summed E-state index contributed by atoms with van der Waals surface area (Å²) < 4.78 is 3.61. The zero-order chi connectivity index (χ0) is 27.7. The van der Waals surface area contributed by atoms with Crippen LogP contribution in [0, 0.1) is 6.92 Å². The van der Waals surface area contributed by atoms with Gasteiger partial charge in [-0.3, -0.25) is 4.99 Å². The van der Waals surface area contributed by atoms with E-state index in [0.717, 1.165) is 41.8 Å². The summed E-state index contributed by atoms with van der Waals surface area (Å²) in [6, 6.07) is 6.44. The number of fused-ring (bicyclic) bond motifs is 5. The Balaban J connectivity index is 1.64. The van der Waals surface area contributed by atoms with Gasteiger partial charge in [0.2, 0.25) is 0 Å². The molecule has 202 valence electrons. The molecule has 0 radical (unpaired) electrons. The Hall–Kier alpha value is -3.44. The molecule has 0 atom stereocenters. The van der Waals surface area contributed by atoms with Crippen molar-refractivity contribution in [3.8, 4) is 11.3 Å². The van der Waals surface area contributed by atoms with Crippen molar-refractivity contribution in [3.05, 3.63) is 88.0 Å². The molecule has 0 spiro atoms. The van der Waals surface area contributed by atoms with Gasteiger partial charge in [0.15, 0.2) is 0 Å². The maximum atomic E-state index is 11.9. The lowest BCUT2D eigenvalue weighted by Gasteiger charge is -2.24. The van der Waals surface area contributed by atoms with Gasteiger partial charge < -0.3 is 9.67 Å². The van der Waals surface area contributed by atoms with Gasteiger partial charge >= 0.3 is 5.97 Å². The lowest BCUT2D eigenvalue weighted by molar-refractivity contribution is 0.0702. The zero-order valence-corrected chi connectivity index (χ0v) is 24.2. The third kappa shape index (κ3) is 5.12. The molecule has 1 fully saturated rings.